The van der Waals surface area contributed by atoms with Crippen LogP contribution in [0.15, 0.2) is 47.4 Å². The molecule has 1 aliphatic heterocycles. The summed E-state index contributed by atoms with van der Waals surface area (Å²) in [5.74, 6) is 0.0688. The molecule has 1 aliphatic rings. The third-order valence-corrected chi connectivity index (χ3v) is 6.93. The molecule has 0 amide bonds. The Bertz CT molecular complexity index is 1160. The van der Waals surface area contributed by atoms with E-state index < -0.39 is 15.4 Å². The van der Waals surface area contributed by atoms with Gasteiger partial charge in [-0.15, -0.1) is 0 Å². The van der Waals surface area contributed by atoms with Gasteiger partial charge in [-0.25, -0.2) is 8.42 Å². The fraction of sp³-hybridized carbons (Fsp3) is 0.304. The smallest absolute Gasteiger partial charge is 0.210 e. The van der Waals surface area contributed by atoms with Crippen LogP contribution in [0.1, 0.15) is 55.1 Å². The number of hydrogen-bond acceptors (Lipinski definition) is 5. The topological polar surface area (TPSA) is 77.5 Å². The van der Waals surface area contributed by atoms with Crippen LogP contribution in [-0.2, 0) is 19.4 Å². The molecule has 3 rings (SSSR count). The zero-order valence-corrected chi connectivity index (χ0v) is 18.9. The van der Waals surface area contributed by atoms with Crippen LogP contribution in [0.4, 0.5) is 0 Å². The molecule has 1 heterocycles. The van der Waals surface area contributed by atoms with E-state index in [2.05, 4.69) is 0 Å². The highest BCUT2D eigenvalue weighted by Crippen LogP contribution is 2.45. The number of benzene rings is 2. The summed E-state index contributed by atoms with van der Waals surface area (Å²) in [6, 6.07) is 11.1. The van der Waals surface area contributed by atoms with E-state index in [4.69, 9.17) is 16.3 Å². The van der Waals surface area contributed by atoms with Gasteiger partial charge >= 0.3 is 0 Å². The Morgan fingerprint density at radius 2 is 1.60 bits per heavy atom. The van der Waals surface area contributed by atoms with Gasteiger partial charge < -0.3 is 4.74 Å². The van der Waals surface area contributed by atoms with E-state index in [-0.39, 0.29) is 21.5 Å². The Morgan fingerprint density at radius 1 is 1.03 bits per heavy atom. The molecule has 0 unspecified atom stereocenters. The summed E-state index contributed by atoms with van der Waals surface area (Å²) in [5.41, 5.74) is 0.917. The zero-order valence-electron chi connectivity index (χ0n) is 17.3. The summed E-state index contributed by atoms with van der Waals surface area (Å²) in [6.07, 6.45) is 2.10. The second-order valence-electron chi connectivity index (χ2n) is 7.38. The number of hydrogen-bond donors (Lipinski definition) is 0. The van der Waals surface area contributed by atoms with Gasteiger partial charge in [-0.2, -0.15) is 0 Å². The molecule has 0 spiro atoms. The van der Waals surface area contributed by atoms with Crippen molar-refractivity contribution >= 4 is 44.3 Å². The summed E-state index contributed by atoms with van der Waals surface area (Å²) in [7, 11) is -3.34. The first-order valence-corrected chi connectivity index (χ1v) is 11.9. The molecule has 5 nitrogen and oxygen atoms in total. The quantitative estimate of drug-likeness (QED) is 0.585. The van der Waals surface area contributed by atoms with Gasteiger partial charge in [-0.05, 0) is 61.7 Å². The highest BCUT2D eigenvalue weighted by molar-refractivity contribution is 7.90. The van der Waals surface area contributed by atoms with Gasteiger partial charge in [0.2, 0.25) is 5.78 Å². The average molecular weight is 447 g/mol. The van der Waals surface area contributed by atoms with E-state index in [1.165, 1.54) is 19.1 Å². The largest absolute Gasteiger partial charge is 0.478 e. The molecular weight excluding hydrogens is 424 g/mol. The number of carbonyl (C=O) groups is 2. The lowest BCUT2D eigenvalue weighted by atomic mass is 9.86. The summed E-state index contributed by atoms with van der Waals surface area (Å²) in [4.78, 5) is 25.3. The van der Waals surface area contributed by atoms with Crippen molar-refractivity contribution in [1.29, 1.82) is 0 Å². The first-order chi connectivity index (χ1) is 14.0. The molecule has 7 heteroatoms. The van der Waals surface area contributed by atoms with E-state index in [0.717, 1.165) is 6.26 Å². The second-order valence-corrected chi connectivity index (χ2v) is 9.81. The first kappa shape index (κ1) is 22.2. The third kappa shape index (κ3) is 3.82. The molecule has 0 aliphatic carbocycles. The Hall–Kier alpha value is -2.44. The van der Waals surface area contributed by atoms with Crippen LogP contribution in [-0.4, -0.2) is 31.8 Å². The summed E-state index contributed by atoms with van der Waals surface area (Å²) in [6.45, 7) is 5.21. The van der Waals surface area contributed by atoms with Crippen LogP contribution in [0.5, 0.6) is 0 Å². The van der Waals surface area contributed by atoms with Gasteiger partial charge in [0.05, 0.1) is 15.5 Å². The molecule has 0 N–H and O–H groups in total. The van der Waals surface area contributed by atoms with E-state index in [9.17, 15) is 18.0 Å². The standard InChI is InChI=1S/C23H23ClO5S/c1-5-23(6-2)22(26)20(16-9-12-18(14(3)25)19(24)13-16)21(29-23)15-7-10-17(11-8-15)30(4,27)28/h7-13H,5-6H2,1-4H3. The fourth-order valence-electron chi connectivity index (χ4n) is 3.61. The monoisotopic (exact) mass is 446 g/mol. The predicted octanol–water partition coefficient (Wildman–Crippen LogP) is 4.97. The molecule has 0 bridgehead atoms. The number of ether oxygens (including phenoxy) is 1. The lowest BCUT2D eigenvalue weighted by molar-refractivity contribution is -0.128. The van der Waals surface area contributed by atoms with E-state index in [0.29, 0.717) is 40.9 Å². The van der Waals surface area contributed by atoms with Crippen LogP contribution in [0, 0.1) is 0 Å². The fourth-order valence-corrected chi connectivity index (χ4v) is 4.56. The molecule has 2 aromatic carbocycles. The van der Waals surface area contributed by atoms with Crippen LogP contribution in [0.2, 0.25) is 5.02 Å². The summed E-state index contributed by atoms with van der Waals surface area (Å²) in [5, 5.41) is 0.262. The Labute approximate surface area is 181 Å². The molecule has 0 fully saturated rings. The van der Waals surface area contributed by atoms with E-state index in [1.54, 1.807) is 30.3 Å². The molecule has 30 heavy (non-hydrogen) atoms. The Kier molecular flexibility index (Phi) is 5.94. The molecule has 0 atom stereocenters. The van der Waals surface area contributed by atoms with Crippen molar-refractivity contribution in [3.05, 3.63) is 64.2 Å². The lowest BCUT2D eigenvalue weighted by Crippen LogP contribution is -2.35. The number of carbonyl (C=O) groups excluding carboxylic acids is 2. The van der Waals surface area contributed by atoms with Crippen molar-refractivity contribution < 1.29 is 22.7 Å². The SMILES string of the molecule is CCC1(CC)OC(c2ccc(S(C)(=O)=O)cc2)=C(c2ccc(C(C)=O)c(Cl)c2)C1=O. The van der Waals surface area contributed by atoms with E-state index >= 15 is 0 Å². The van der Waals surface area contributed by atoms with Crippen LogP contribution >= 0.6 is 11.6 Å². The van der Waals surface area contributed by atoms with Gasteiger partial charge in [-0.3, -0.25) is 9.59 Å². The normalized spacial score (nSPS) is 16.0. The molecule has 2 aromatic rings. The summed E-state index contributed by atoms with van der Waals surface area (Å²) >= 11 is 6.29. The number of rotatable bonds is 6. The van der Waals surface area contributed by atoms with E-state index in [1.807, 2.05) is 13.8 Å². The summed E-state index contributed by atoms with van der Waals surface area (Å²) < 4.78 is 29.8. The number of ketones is 2. The molecule has 0 saturated carbocycles. The van der Waals surface area contributed by atoms with Gasteiger partial charge in [0.1, 0.15) is 5.76 Å². The highest BCUT2D eigenvalue weighted by atomic mass is 35.5. The third-order valence-electron chi connectivity index (χ3n) is 5.49. The van der Waals surface area contributed by atoms with Gasteiger partial charge in [0.25, 0.3) is 0 Å². The van der Waals surface area contributed by atoms with Crippen molar-refractivity contribution in [1.82, 2.24) is 0 Å². The van der Waals surface area contributed by atoms with Gasteiger partial charge in [0, 0.05) is 17.4 Å². The van der Waals surface area contributed by atoms with Crippen molar-refractivity contribution in [2.24, 2.45) is 0 Å². The predicted molar refractivity (Wildman–Crippen MR) is 117 cm³/mol. The van der Waals surface area contributed by atoms with Crippen LogP contribution < -0.4 is 0 Å². The first-order valence-electron chi connectivity index (χ1n) is 9.63. The Morgan fingerprint density at radius 3 is 2.07 bits per heavy atom. The van der Waals surface area contributed by atoms with Crippen molar-refractivity contribution in [3.8, 4) is 0 Å². The minimum atomic E-state index is -3.34. The average Bonchev–Trinajstić information content (AvgIpc) is 3.00. The second kappa shape index (κ2) is 8.00. The number of halogens is 1. The maximum atomic E-state index is 13.4. The van der Waals surface area contributed by atoms with Crippen molar-refractivity contribution in [3.63, 3.8) is 0 Å². The van der Waals surface area contributed by atoms with Gasteiger partial charge in [-0.1, -0.05) is 31.5 Å². The van der Waals surface area contributed by atoms with Crippen LogP contribution in [0.25, 0.3) is 11.3 Å². The van der Waals surface area contributed by atoms with Crippen LogP contribution in [0.3, 0.4) is 0 Å². The minimum Gasteiger partial charge on any atom is -0.478 e. The zero-order chi connectivity index (χ0) is 22.3. The highest BCUT2D eigenvalue weighted by Gasteiger charge is 2.47. The molecule has 0 saturated heterocycles. The van der Waals surface area contributed by atoms with Gasteiger partial charge in [0.15, 0.2) is 21.2 Å². The number of sulfone groups is 1. The van der Waals surface area contributed by atoms with Crippen molar-refractivity contribution in [2.75, 3.05) is 6.26 Å². The van der Waals surface area contributed by atoms with Crippen molar-refractivity contribution in [2.45, 2.75) is 44.1 Å². The maximum Gasteiger partial charge on any atom is 0.210 e. The maximum absolute atomic E-state index is 13.4. The molecule has 158 valence electrons. The minimum absolute atomic E-state index is 0.152. The molecule has 0 aromatic heterocycles. The molecule has 0 radical (unpaired) electrons. The number of Topliss-reactive ketones (excluding diaryl/α,β-unsaturated/α-hetero) is 2. The Balaban J connectivity index is 2.21. The molecular formula is C23H23ClO5S. The lowest BCUT2D eigenvalue weighted by Gasteiger charge is -2.25.